The Balaban J connectivity index is 1.88. The van der Waals surface area contributed by atoms with Gasteiger partial charge in [0.2, 0.25) is 10.0 Å². The zero-order valence-electron chi connectivity index (χ0n) is 14.9. The molecule has 6 nitrogen and oxygen atoms in total. The Hall–Kier alpha value is -2.64. The van der Waals surface area contributed by atoms with Crippen molar-refractivity contribution < 1.29 is 13.2 Å². The number of sulfonamides is 1. The van der Waals surface area contributed by atoms with Crippen LogP contribution in [-0.4, -0.2) is 25.9 Å². The molecule has 0 saturated heterocycles. The van der Waals surface area contributed by atoms with E-state index >= 15 is 0 Å². The molecular formula is C19H21N3O3S. The molecule has 2 N–H and O–H groups in total. The number of carbonyl (C=O) groups excluding carboxylic acids is 1. The van der Waals surface area contributed by atoms with Crippen LogP contribution in [0.2, 0.25) is 0 Å². The van der Waals surface area contributed by atoms with Crippen molar-refractivity contribution in [1.29, 1.82) is 0 Å². The third kappa shape index (κ3) is 3.36. The van der Waals surface area contributed by atoms with Crippen molar-refractivity contribution >= 4 is 26.7 Å². The van der Waals surface area contributed by atoms with Crippen LogP contribution in [0.15, 0.2) is 59.6 Å². The van der Waals surface area contributed by atoms with Gasteiger partial charge in [-0.2, -0.15) is 0 Å². The molecule has 0 aliphatic carbocycles. The molecule has 3 aromatic rings. The van der Waals surface area contributed by atoms with E-state index in [1.807, 2.05) is 49.4 Å². The van der Waals surface area contributed by atoms with Crippen LogP contribution >= 0.6 is 0 Å². The number of benzene rings is 2. The molecule has 0 bridgehead atoms. The average Bonchev–Trinajstić information content (AvgIpc) is 3.04. The standard InChI is InChI=1S/C19H21N3O3S/c1-13(16-10-6-8-14-7-4-5-9-17(14)16)21-19(23)18-11-15(12-22(18)3)26(24,25)20-2/h4-13,20H,1-3H3,(H,21,23)/t13-/m1/s1. The first-order valence-corrected chi connectivity index (χ1v) is 9.70. The van der Waals surface area contributed by atoms with E-state index in [-0.39, 0.29) is 22.5 Å². The number of carbonyl (C=O) groups is 1. The van der Waals surface area contributed by atoms with Crippen molar-refractivity contribution in [3.8, 4) is 0 Å². The Bertz CT molecular complexity index is 1070. The zero-order valence-corrected chi connectivity index (χ0v) is 15.7. The molecule has 0 aliphatic heterocycles. The van der Waals surface area contributed by atoms with Crippen molar-refractivity contribution in [3.63, 3.8) is 0 Å². The Labute approximate surface area is 152 Å². The van der Waals surface area contributed by atoms with Crippen molar-refractivity contribution in [1.82, 2.24) is 14.6 Å². The fraction of sp³-hybridized carbons (Fsp3) is 0.211. The van der Waals surface area contributed by atoms with Crippen molar-refractivity contribution in [3.05, 3.63) is 66.0 Å². The van der Waals surface area contributed by atoms with Gasteiger partial charge in [-0.25, -0.2) is 13.1 Å². The lowest BCUT2D eigenvalue weighted by Gasteiger charge is -2.17. The van der Waals surface area contributed by atoms with Gasteiger partial charge in [-0.1, -0.05) is 42.5 Å². The van der Waals surface area contributed by atoms with Gasteiger partial charge >= 0.3 is 0 Å². The minimum Gasteiger partial charge on any atom is -0.345 e. The van der Waals surface area contributed by atoms with E-state index in [0.717, 1.165) is 16.3 Å². The van der Waals surface area contributed by atoms with Gasteiger partial charge in [-0.05, 0) is 36.4 Å². The fourth-order valence-corrected chi connectivity index (χ4v) is 3.80. The average molecular weight is 371 g/mol. The molecule has 0 saturated carbocycles. The van der Waals surface area contributed by atoms with Gasteiger partial charge in [0.1, 0.15) is 10.6 Å². The molecule has 2 aromatic carbocycles. The van der Waals surface area contributed by atoms with Crippen LogP contribution in [0.4, 0.5) is 0 Å². The molecule has 3 rings (SSSR count). The number of hydrogen-bond donors (Lipinski definition) is 2. The highest BCUT2D eigenvalue weighted by Gasteiger charge is 2.21. The lowest BCUT2D eigenvalue weighted by molar-refractivity contribution is 0.0932. The summed E-state index contributed by atoms with van der Waals surface area (Å²) in [5.74, 6) is -0.328. The van der Waals surface area contributed by atoms with Gasteiger partial charge in [-0.3, -0.25) is 4.79 Å². The largest absolute Gasteiger partial charge is 0.345 e. The molecule has 0 aliphatic rings. The van der Waals surface area contributed by atoms with Gasteiger partial charge in [-0.15, -0.1) is 0 Å². The van der Waals surface area contributed by atoms with Gasteiger partial charge in [0.25, 0.3) is 5.91 Å². The first kappa shape index (κ1) is 18.2. The summed E-state index contributed by atoms with van der Waals surface area (Å²) in [6.07, 6.45) is 1.42. The molecule has 0 fully saturated rings. The SMILES string of the molecule is CNS(=O)(=O)c1cc(C(=O)N[C@H](C)c2cccc3ccccc23)n(C)c1. The normalized spacial score (nSPS) is 12.9. The monoisotopic (exact) mass is 371 g/mol. The van der Waals surface area contributed by atoms with E-state index < -0.39 is 10.0 Å². The highest BCUT2D eigenvalue weighted by Crippen LogP contribution is 2.24. The molecule has 0 radical (unpaired) electrons. The smallest absolute Gasteiger partial charge is 0.268 e. The van der Waals surface area contributed by atoms with Crippen molar-refractivity contribution in [2.45, 2.75) is 17.9 Å². The molecular weight excluding hydrogens is 350 g/mol. The molecule has 26 heavy (non-hydrogen) atoms. The first-order chi connectivity index (χ1) is 12.3. The van der Waals surface area contributed by atoms with Gasteiger partial charge in [0.15, 0.2) is 0 Å². The molecule has 7 heteroatoms. The molecule has 1 atom stereocenters. The third-order valence-electron chi connectivity index (χ3n) is 4.43. The first-order valence-electron chi connectivity index (χ1n) is 8.22. The van der Waals surface area contributed by atoms with E-state index in [4.69, 9.17) is 0 Å². The van der Waals surface area contributed by atoms with Crippen LogP contribution in [0.25, 0.3) is 10.8 Å². The topological polar surface area (TPSA) is 80.2 Å². The highest BCUT2D eigenvalue weighted by molar-refractivity contribution is 7.89. The van der Waals surface area contributed by atoms with Crippen LogP contribution in [0.3, 0.4) is 0 Å². The molecule has 136 valence electrons. The molecule has 1 aromatic heterocycles. The van der Waals surface area contributed by atoms with Crippen molar-refractivity contribution in [2.24, 2.45) is 7.05 Å². The fourth-order valence-electron chi connectivity index (χ4n) is 3.00. The minimum atomic E-state index is -3.59. The van der Waals surface area contributed by atoms with Gasteiger partial charge in [0.05, 0.1) is 6.04 Å². The van der Waals surface area contributed by atoms with Gasteiger partial charge in [0, 0.05) is 13.2 Å². The summed E-state index contributed by atoms with van der Waals surface area (Å²) >= 11 is 0. The van der Waals surface area contributed by atoms with Crippen LogP contribution < -0.4 is 10.0 Å². The lowest BCUT2D eigenvalue weighted by Crippen LogP contribution is -2.28. The summed E-state index contributed by atoms with van der Waals surface area (Å²) in [5.41, 5.74) is 1.29. The maximum atomic E-state index is 12.7. The number of nitrogens with one attached hydrogen (secondary N) is 2. The molecule has 0 unspecified atom stereocenters. The Morgan fingerprint density at radius 2 is 1.81 bits per heavy atom. The van der Waals surface area contributed by atoms with Crippen LogP contribution in [0.1, 0.15) is 29.0 Å². The second-order valence-corrected chi connectivity index (χ2v) is 8.03. The van der Waals surface area contributed by atoms with E-state index in [2.05, 4.69) is 10.0 Å². The van der Waals surface area contributed by atoms with Crippen LogP contribution in [-0.2, 0) is 17.1 Å². The summed E-state index contributed by atoms with van der Waals surface area (Å²) in [4.78, 5) is 12.7. The summed E-state index contributed by atoms with van der Waals surface area (Å²) in [7, 11) is -0.611. The number of hydrogen-bond acceptors (Lipinski definition) is 3. The van der Waals surface area contributed by atoms with Crippen molar-refractivity contribution in [2.75, 3.05) is 7.05 Å². The highest BCUT2D eigenvalue weighted by atomic mass is 32.2. The quantitative estimate of drug-likeness (QED) is 0.723. The Morgan fingerprint density at radius 3 is 2.54 bits per heavy atom. The Morgan fingerprint density at radius 1 is 1.12 bits per heavy atom. The zero-order chi connectivity index (χ0) is 18.9. The number of amides is 1. The number of rotatable bonds is 5. The number of fused-ring (bicyclic) bond motifs is 1. The predicted octanol–water partition coefficient (Wildman–Crippen LogP) is 2.58. The van der Waals surface area contributed by atoms with E-state index in [1.54, 1.807) is 7.05 Å². The van der Waals surface area contributed by atoms with Crippen LogP contribution in [0.5, 0.6) is 0 Å². The lowest BCUT2D eigenvalue weighted by atomic mass is 9.99. The maximum Gasteiger partial charge on any atom is 0.268 e. The summed E-state index contributed by atoms with van der Waals surface area (Å²) in [6.45, 7) is 1.91. The molecule has 1 amide bonds. The number of aromatic nitrogens is 1. The summed E-state index contributed by atoms with van der Waals surface area (Å²) in [5, 5.41) is 5.13. The molecule has 1 heterocycles. The van der Waals surface area contributed by atoms with E-state index in [1.165, 1.54) is 23.9 Å². The molecule has 0 spiro atoms. The Kier molecular flexibility index (Phi) is 4.84. The van der Waals surface area contributed by atoms with E-state index in [0.29, 0.717) is 0 Å². The second-order valence-electron chi connectivity index (χ2n) is 6.14. The number of aryl methyl sites for hydroxylation is 1. The summed E-state index contributed by atoms with van der Waals surface area (Å²) < 4.78 is 27.6. The van der Waals surface area contributed by atoms with Crippen LogP contribution in [0, 0.1) is 0 Å². The second kappa shape index (κ2) is 6.93. The number of nitrogens with zero attached hydrogens (tertiary/aromatic N) is 1. The predicted molar refractivity (Wildman–Crippen MR) is 101 cm³/mol. The summed E-state index contributed by atoms with van der Waals surface area (Å²) in [6, 6.07) is 15.1. The minimum absolute atomic E-state index is 0.0606. The van der Waals surface area contributed by atoms with E-state index in [9.17, 15) is 13.2 Å². The van der Waals surface area contributed by atoms with Gasteiger partial charge < -0.3 is 9.88 Å². The third-order valence-corrected chi connectivity index (χ3v) is 5.81. The maximum absolute atomic E-state index is 12.7.